The second kappa shape index (κ2) is 8.99. The lowest BCUT2D eigenvalue weighted by atomic mass is 9.97. The molecule has 9 heteroatoms. The van der Waals surface area contributed by atoms with E-state index in [1.165, 1.54) is 4.31 Å². The van der Waals surface area contributed by atoms with Crippen LogP contribution in [0, 0.1) is 12.8 Å². The number of amides is 1. The highest BCUT2D eigenvalue weighted by atomic mass is 32.2. The molecule has 8 nitrogen and oxygen atoms in total. The molecule has 0 saturated carbocycles. The summed E-state index contributed by atoms with van der Waals surface area (Å²) < 4.78 is 29.7. The molecule has 4 rings (SSSR count). The molecule has 1 N–H and O–H groups in total. The zero-order valence-electron chi connectivity index (χ0n) is 18.7. The summed E-state index contributed by atoms with van der Waals surface area (Å²) in [6, 6.07) is 12.8. The molecule has 1 fully saturated rings. The SMILES string of the molecule is CC[C@@H](C)n1nnc2cc(S(=O)(=O)N3CCC(C(=O)Nc4ccc(C)cc4)CC3)ccc21. The number of sulfonamides is 1. The van der Waals surface area contributed by atoms with E-state index in [1.54, 1.807) is 18.2 Å². The van der Waals surface area contributed by atoms with Gasteiger partial charge in [-0.2, -0.15) is 4.31 Å². The summed E-state index contributed by atoms with van der Waals surface area (Å²) in [5.41, 5.74) is 3.28. The molecule has 0 bridgehead atoms. The Hall–Kier alpha value is -2.78. The van der Waals surface area contributed by atoms with Crippen molar-refractivity contribution in [1.29, 1.82) is 0 Å². The second-order valence-corrected chi connectivity index (χ2v) is 10.4. The van der Waals surface area contributed by atoms with Gasteiger partial charge in [0, 0.05) is 24.7 Å². The fraction of sp³-hybridized carbons (Fsp3) is 0.435. The molecule has 170 valence electrons. The minimum absolute atomic E-state index is 0.0611. The summed E-state index contributed by atoms with van der Waals surface area (Å²) in [6.45, 7) is 6.74. The van der Waals surface area contributed by atoms with Gasteiger partial charge in [-0.1, -0.05) is 29.8 Å². The topological polar surface area (TPSA) is 97.2 Å². The van der Waals surface area contributed by atoms with Crippen LogP contribution in [0.15, 0.2) is 47.4 Å². The maximum atomic E-state index is 13.2. The van der Waals surface area contributed by atoms with E-state index in [0.717, 1.165) is 23.2 Å². The van der Waals surface area contributed by atoms with Crippen molar-refractivity contribution >= 4 is 32.7 Å². The van der Waals surface area contributed by atoms with Gasteiger partial charge in [-0.3, -0.25) is 4.79 Å². The van der Waals surface area contributed by atoms with E-state index in [1.807, 2.05) is 35.9 Å². The summed E-state index contributed by atoms with van der Waals surface area (Å²) in [5, 5.41) is 11.3. The maximum Gasteiger partial charge on any atom is 0.243 e. The third kappa shape index (κ3) is 4.40. The van der Waals surface area contributed by atoms with Crippen LogP contribution in [0.2, 0.25) is 0 Å². The average Bonchev–Trinajstić information content (AvgIpc) is 3.23. The van der Waals surface area contributed by atoms with Crippen molar-refractivity contribution in [2.75, 3.05) is 18.4 Å². The number of aromatic nitrogens is 3. The number of hydrogen-bond acceptors (Lipinski definition) is 5. The van der Waals surface area contributed by atoms with E-state index in [0.29, 0.717) is 31.4 Å². The first-order valence-electron chi connectivity index (χ1n) is 11.0. The highest BCUT2D eigenvalue weighted by Gasteiger charge is 2.32. The van der Waals surface area contributed by atoms with Crippen LogP contribution in [0.4, 0.5) is 5.69 Å². The Labute approximate surface area is 188 Å². The molecule has 0 radical (unpaired) electrons. The number of benzene rings is 2. The van der Waals surface area contributed by atoms with Gasteiger partial charge in [-0.25, -0.2) is 13.1 Å². The van der Waals surface area contributed by atoms with Crippen LogP contribution in [0.25, 0.3) is 11.0 Å². The van der Waals surface area contributed by atoms with Gasteiger partial charge in [0.1, 0.15) is 5.52 Å². The third-order valence-corrected chi connectivity index (χ3v) is 8.13. The summed E-state index contributed by atoms with van der Waals surface area (Å²) in [6.07, 6.45) is 1.89. The average molecular weight is 456 g/mol. The Morgan fingerprint density at radius 1 is 1.16 bits per heavy atom. The van der Waals surface area contributed by atoms with Crippen LogP contribution >= 0.6 is 0 Å². The first-order chi connectivity index (χ1) is 15.3. The van der Waals surface area contributed by atoms with Crippen molar-refractivity contribution in [2.45, 2.75) is 51.0 Å². The third-order valence-electron chi connectivity index (χ3n) is 6.23. The van der Waals surface area contributed by atoms with Gasteiger partial charge in [-0.05, 0) is 63.4 Å². The highest BCUT2D eigenvalue weighted by Crippen LogP contribution is 2.27. The number of carbonyl (C=O) groups is 1. The Kier molecular flexibility index (Phi) is 6.30. The molecule has 1 atom stereocenters. The molecule has 0 unspecified atom stereocenters. The van der Waals surface area contributed by atoms with E-state index >= 15 is 0 Å². The lowest BCUT2D eigenvalue weighted by Gasteiger charge is -2.30. The van der Waals surface area contributed by atoms with Crippen LogP contribution < -0.4 is 5.32 Å². The minimum atomic E-state index is -3.66. The molecule has 1 saturated heterocycles. The van der Waals surface area contributed by atoms with Gasteiger partial charge < -0.3 is 5.32 Å². The van der Waals surface area contributed by atoms with Crippen molar-refractivity contribution in [3.8, 4) is 0 Å². The predicted molar refractivity (Wildman–Crippen MR) is 124 cm³/mol. The highest BCUT2D eigenvalue weighted by molar-refractivity contribution is 7.89. The van der Waals surface area contributed by atoms with Crippen molar-refractivity contribution in [2.24, 2.45) is 5.92 Å². The molecular weight excluding hydrogens is 426 g/mol. The first kappa shape index (κ1) is 22.4. The number of piperidine rings is 1. The van der Waals surface area contributed by atoms with Crippen LogP contribution in [0.5, 0.6) is 0 Å². The van der Waals surface area contributed by atoms with Gasteiger partial charge in [0.25, 0.3) is 0 Å². The number of hydrogen-bond donors (Lipinski definition) is 1. The lowest BCUT2D eigenvalue weighted by molar-refractivity contribution is -0.120. The van der Waals surface area contributed by atoms with Crippen molar-refractivity contribution in [1.82, 2.24) is 19.3 Å². The number of anilines is 1. The molecule has 1 amide bonds. The lowest BCUT2D eigenvalue weighted by Crippen LogP contribution is -2.41. The zero-order chi connectivity index (χ0) is 22.9. The van der Waals surface area contributed by atoms with E-state index in [9.17, 15) is 13.2 Å². The van der Waals surface area contributed by atoms with Gasteiger partial charge >= 0.3 is 0 Å². The number of nitrogens with zero attached hydrogens (tertiary/aromatic N) is 4. The number of carbonyl (C=O) groups excluding carboxylic acids is 1. The molecule has 2 aromatic carbocycles. The van der Waals surface area contributed by atoms with Crippen molar-refractivity contribution in [3.63, 3.8) is 0 Å². The van der Waals surface area contributed by atoms with Gasteiger partial charge in [0.2, 0.25) is 15.9 Å². The van der Waals surface area contributed by atoms with E-state index < -0.39 is 10.0 Å². The second-order valence-electron chi connectivity index (χ2n) is 8.48. The molecule has 3 aromatic rings. The minimum Gasteiger partial charge on any atom is -0.326 e. The molecular formula is C23H29N5O3S. The molecule has 2 heterocycles. The Balaban J connectivity index is 1.43. The van der Waals surface area contributed by atoms with Crippen LogP contribution in [0.3, 0.4) is 0 Å². The maximum absolute atomic E-state index is 13.2. The van der Waals surface area contributed by atoms with E-state index in [4.69, 9.17) is 0 Å². The quantitative estimate of drug-likeness (QED) is 0.611. The van der Waals surface area contributed by atoms with Crippen molar-refractivity contribution in [3.05, 3.63) is 48.0 Å². The smallest absolute Gasteiger partial charge is 0.243 e. The molecule has 1 aliphatic rings. The molecule has 1 aromatic heterocycles. The zero-order valence-corrected chi connectivity index (χ0v) is 19.5. The summed E-state index contributed by atoms with van der Waals surface area (Å²) in [7, 11) is -3.66. The predicted octanol–water partition coefficient (Wildman–Crippen LogP) is 3.75. The standard InChI is InChI=1S/C23H29N5O3S/c1-4-17(3)28-22-10-9-20(15-21(22)25-26-28)32(30,31)27-13-11-18(12-14-27)23(29)24-19-7-5-16(2)6-8-19/h5-10,15,17-18H,4,11-14H2,1-3H3,(H,24,29)/t17-/m1/s1. The van der Waals surface area contributed by atoms with Crippen molar-refractivity contribution < 1.29 is 13.2 Å². The summed E-state index contributed by atoms with van der Waals surface area (Å²) >= 11 is 0. The number of rotatable bonds is 6. The largest absolute Gasteiger partial charge is 0.326 e. The Bertz CT molecular complexity index is 1210. The molecule has 32 heavy (non-hydrogen) atoms. The Morgan fingerprint density at radius 3 is 2.50 bits per heavy atom. The monoisotopic (exact) mass is 455 g/mol. The van der Waals surface area contributed by atoms with E-state index in [-0.39, 0.29) is 22.8 Å². The number of nitrogens with one attached hydrogen (secondary N) is 1. The van der Waals surface area contributed by atoms with E-state index in [2.05, 4.69) is 29.5 Å². The first-order valence-corrected chi connectivity index (χ1v) is 12.5. The number of aryl methyl sites for hydroxylation is 1. The fourth-order valence-electron chi connectivity index (χ4n) is 3.97. The summed E-state index contributed by atoms with van der Waals surface area (Å²) in [5.74, 6) is -0.269. The van der Waals surface area contributed by atoms with Crippen LogP contribution in [-0.4, -0.2) is 46.7 Å². The molecule has 0 aliphatic carbocycles. The van der Waals surface area contributed by atoms with Gasteiger partial charge in [0.15, 0.2) is 0 Å². The van der Waals surface area contributed by atoms with Gasteiger partial charge in [0.05, 0.1) is 16.5 Å². The summed E-state index contributed by atoms with van der Waals surface area (Å²) in [4.78, 5) is 12.8. The molecule has 0 spiro atoms. The van der Waals surface area contributed by atoms with Crippen LogP contribution in [0.1, 0.15) is 44.7 Å². The molecule has 1 aliphatic heterocycles. The fourth-order valence-corrected chi connectivity index (χ4v) is 5.46. The Morgan fingerprint density at radius 2 is 1.84 bits per heavy atom. The normalized spacial score (nSPS) is 16.8. The van der Waals surface area contributed by atoms with Gasteiger partial charge in [-0.15, -0.1) is 5.10 Å². The number of fused-ring (bicyclic) bond motifs is 1. The van der Waals surface area contributed by atoms with Crippen LogP contribution in [-0.2, 0) is 14.8 Å².